The fourth-order valence-corrected chi connectivity index (χ4v) is 2.64. The number of carbonyl (C=O) groups is 3. The highest BCUT2D eigenvalue weighted by Gasteiger charge is 2.25. The summed E-state index contributed by atoms with van der Waals surface area (Å²) in [5, 5.41) is 5.55. The van der Waals surface area contributed by atoms with Gasteiger partial charge >= 0.3 is 5.97 Å². The van der Waals surface area contributed by atoms with Crippen LogP contribution in [0.2, 0.25) is 0 Å². The van der Waals surface area contributed by atoms with Gasteiger partial charge in [0.05, 0.1) is 12.7 Å². The first-order chi connectivity index (χ1) is 12.8. The van der Waals surface area contributed by atoms with Crippen LogP contribution in [0.5, 0.6) is 0 Å². The number of anilines is 1. The predicted molar refractivity (Wildman–Crippen MR) is 104 cm³/mol. The van der Waals surface area contributed by atoms with E-state index in [2.05, 4.69) is 15.4 Å². The molecule has 0 saturated heterocycles. The van der Waals surface area contributed by atoms with Crippen molar-refractivity contribution in [1.29, 1.82) is 0 Å². The van der Waals surface area contributed by atoms with E-state index in [4.69, 9.17) is 0 Å². The maximum absolute atomic E-state index is 12.7. The third-order valence-corrected chi connectivity index (χ3v) is 4.18. The van der Waals surface area contributed by atoms with Gasteiger partial charge in [-0.25, -0.2) is 4.79 Å². The van der Waals surface area contributed by atoms with E-state index in [1.165, 1.54) is 13.2 Å². The smallest absolute Gasteiger partial charge is 0.337 e. The first kappa shape index (κ1) is 20.2. The van der Waals surface area contributed by atoms with Crippen LogP contribution in [0.25, 0.3) is 0 Å². The summed E-state index contributed by atoms with van der Waals surface area (Å²) in [6.07, 6.45) is 0. The molecule has 2 amide bonds. The van der Waals surface area contributed by atoms with Crippen molar-refractivity contribution in [1.82, 2.24) is 5.32 Å². The molecule has 0 aliphatic heterocycles. The molecule has 1 atom stereocenters. The summed E-state index contributed by atoms with van der Waals surface area (Å²) >= 11 is 0. The number of amides is 2. The molecular weight excluding hydrogens is 344 g/mol. The zero-order valence-corrected chi connectivity index (χ0v) is 15.9. The third kappa shape index (κ3) is 5.17. The number of esters is 1. The Balaban J connectivity index is 2.15. The topological polar surface area (TPSA) is 84.5 Å². The van der Waals surface area contributed by atoms with E-state index < -0.39 is 12.0 Å². The highest BCUT2D eigenvalue weighted by molar-refractivity contribution is 6.02. The standard InChI is InChI=1S/C21H24N2O4/c1-13(2)18(23-19(24)17-11-6-5-8-14(17)3)20(25)22-16-10-7-9-15(12-16)21(26)27-4/h5-13,18H,1-4H3,(H,22,25)(H,23,24)/t18-/m0/s1. The number of hydrogen-bond donors (Lipinski definition) is 2. The summed E-state index contributed by atoms with van der Waals surface area (Å²) in [6, 6.07) is 12.9. The number of hydrogen-bond acceptors (Lipinski definition) is 4. The predicted octanol–water partition coefficient (Wildman–Crippen LogP) is 3.17. The molecule has 2 aromatic carbocycles. The van der Waals surface area contributed by atoms with Gasteiger partial charge in [0.2, 0.25) is 5.91 Å². The van der Waals surface area contributed by atoms with Gasteiger partial charge in [0.15, 0.2) is 0 Å². The molecule has 142 valence electrons. The van der Waals surface area contributed by atoms with Gasteiger partial charge in [0.1, 0.15) is 6.04 Å². The molecule has 2 aromatic rings. The van der Waals surface area contributed by atoms with E-state index in [0.717, 1.165) is 5.56 Å². The largest absolute Gasteiger partial charge is 0.465 e. The van der Waals surface area contributed by atoms with Gasteiger partial charge in [-0.15, -0.1) is 0 Å². The second kappa shape index (κ2) is 8.98. The van der Waals surface area contributed by atoms with Crippen molar-refractivity contribution in [3.8, 4) is 0 Å². The van der Waals surface area contributed by atoms with Gasteiger partial charge < -0.3 is 15.4 Å². The first-order valence-electron chi connectivity index (χ1n) is 8.69. The minimum absolute atomic E-state index is 0.123. The SMILES string of the molecule is COC(=O)c1cccc(NC(=O)[C@@H](NC(=O)c2ccccc2C)C(C)C)c1. The van der Waals surface area contributed by atoms with Gasteiger partial charge in [-0.2, -0.15) is 0 Å². The Labute approximate surface area is 158 Å². The first-order valence-corrected chi connectivity index (χ1v) is 8.69. The Kier molecular flexibility index (Phi) is 6.71. The number of ether oxygens (including phenoxy) is 1. The number of aryl methyl sites for hydroxylation is 1. The molecular formula is C21H24N2O4. The molecule has 0 fully saturated rings. The second-order valence-electron chi connectivity index (χ2n) is 6.57. The van der Waals surface area contributed by atoms with Gasteiger partial charge in [0.25, 0.3) is 5.91 Å². The van der Waals surface area contributed by atoms with Crippen molar-refractivity contribution >= 4 is 23.5 Å². The van der Waals surface area contributed by atoms with Gasteiger partial charge in [-0.05, 0) is 42.7 Å². The molecule has 2 rings (SSSR count). The minimum Gasteiger partial charge on any atom is -0.465 e. The summed E-state index contributed by atoms with van der Waals surface area (Å²) in [6.45, 7) is 5.55. The molecule has 0 bridgehead atoms. The van der Waals surface area contributed by atoms with E-state index in [-0.39, 0.29) is 17.7 Å². The quantitative estimate of drug-likeness (QED) is 0.767. The van der Waals surface area contributed by atoms with E-state index in [1.807, 2.05) is 32.9 Å². The van der Waals surface area contributed by atoms with Crippen LogP contribution in [0.15, 0.2) is 48.5 Å². The molecule has 0 spiro atoms. The fourth-order valence-electron chi connectivity index (χ4n) is 2.64. The lowest BCUT2D eigenvalue weighted by atomic mass is 10.0. The molecule has 6 nitrogen and oxygen atoms in total. The maximum Gasteiger partial charge on any atom is 0.337 e. The molecule has 0 aliphatic carbocycles. The number of benzene rings is 2. The van der Waals surface area contributed by atoms with Gasteiger partial charge in [-0.1, -0.05) is 38.1 Å². The van der Waals surface area contributed by atoms with Crippen molar-refractivity contribution in [2.45, 2.75) is 26.8 Å². The van der Waals surface area contributed by atoms with Crippen molar-refractivity contribution in [3.05, 3.63) is 65.2 Å². The molecule has 0 unspecified atom stereocenters. The molecule has 0 radical (unpaired) electrons. The molecule has 2 N–H and O–H groups in total. The van der Waals surface area contributed by atoms with Crippen LogP contribution in [-0.2, 0) is 9.53 Å². The van der Waals surface area contributed by atoms with E-state index in [1.54, 1.807) is 30.3 Å². The lowest BCUT2D eigenvalue weighted by Crippen LogP contribution is -2.47. The molecule has 0 aliphatic rings. The minimum atomic E-state index is -0.723. The molecule has 0 aromatic heterocycles. The van der Waals surface area contributed by atoms with Crippen LogP contribution in [-0.4, -0.2) is 30.9 Å². The Morgan fingerprint density at radius 3 is 2.33 bits per heavy atom. The van der Waals surface area contributed by atoms with Crippen LogP contribution in [0, 0.1) is 12.8 Å². The Hall–Kier alpha value is -3.15. The Morgan fingerprint density at radius 1 is 1.00 bits per heavy atom. The highest BCUT2D eigenvalue weighted by Crippen LogP contribution is 2.14. The summed E-state index contributed by atoms with van der Waals surface area (Å²) in [5.41, 5.74) is 2.16. The number of nitrogens with one attached hydrogen (secondary N) is 2. The second-order valence-corrected chi connectivity index (χ2v) is 6.57. The number of rotatable bonds is 6. The zero-order valence-electron chi connectivity index (χ0n) is 15.9. The van der Waals surface area contributed by atoms with Crippen molar-refractivity contribution in [2.24, 2.45) is 5.92 Å². The molecule has 0 saturated carbocycles. The third-order valence-electron chi connectivity index (χ3n) is 4.18. The number of carbonyl (C=O) groups excluding carboxylic acids is 3. The van der Waals surface area contributed by atoms with E-state index in [0.29, 0.717) is 16.8 Å². The average molecular weight is 368 g/mol. The van der Waals surface area contributed by atoms with Crippen LogP contribution in [0.1, 0.15) is 40.1 Å². The van der Waals surface area contributed by atoms with Crippen LogP contribution in [0.3, 0.4) is 0 Å². The van der Waals surface area contributed by atoms with Crippen molar-refractivity contribution in [2.75, 3.05) is 12.4 Å². The normalized spacial score (nSPS) is 11.6. The average Bonchev–Trinajstić information content (AvgIpc) is 2.65. The van der Waals surface area contributed by atoms with Crippen LogP contribution in [0.4, 0.5) is 5.69 Å². The highest BCUT2D eigenvalue weighted by atomic mass is 16.5. The van der Waals surface area contributed by atoms with E-state index >= 15 is 0 Å². The zero-order chi connectivity index (χ0) is 20.0. The summed E-state index contributed by atoms with van der Waals surface area (Å²) in [7, 11) is 1.30. The van der Waals surface area contributed by atoms with Gasteiger partial charge in [0, 0.05) is 11.3 Å². The van der Waals surface area contributed by atoms with Crippen LogP contribution >= 0.6 is 0 Å². The van der Waals surface area contributed by atoms with Crippen LogP contribution < -0.4 is 10.6 Å². The van der Waals surface area contributed by atoms with Crippen molar-refractivity contribution < 1.29 is 19.1 Å². The molecule has 6 heteroatoms. The van der Waals surface area contributed by atoms with E-state index in [9.17, 15) is 14.4 Å². The fraction of sp³-hybridized carbons (Fsp3) is 0.286. The molecule has 27 heavy (non-hydrogen) atoms. The molecule has 0 heterocycles. The maximum atomic E-state index is 12.7. The summed E-state index contributed by atoms with van der Waals surface area (Å²) in [4.78, 5) is 36.9. The summed E-state index contributed by atoms with van der Waals surface area (Å²) in [5.74, 6) is -1.26. The number of methoxy groups -OCH3 is 1. The Morgan fingerprint density at radius 2 is 1.70 bits per heavy atom. The monoisotopic (exact) mass is 368 g/mol. The van der Waals surface area contributed by atoms with Gasteiger partial charge in [-0.3, -0.25) is 9.59 Å². The summed E-state index contributed by atoms with van der Waals surface area (Å²) < 4.78 is 4.69. The lowest BCUT2D eigenvalue weighted by molar-refractivity contribution is -0.118. The lowest BCUT2D eigenvalue weighted by Gasteiger charge is -2.22. The Bertz CT molecular complexity index is 846. The van der Waals surface area contributed by atoms with Crippen molar-refractivity contribution in [3.63, 3.8) is 0 Å².